The number of rotatable bonds is 5. The summed E-state index contributed by atoms with van der Waals surface area (Å²) in [4.78, 5) is 10.8. The van der Waals surface area contributed by atoms with Crippen molar-refractivity contribution in [2.45, 2.75) is 6.61 Å². The molecule has 3 N–H and O–H groups in total. The van der Waals surface area contributed by atoms with Crippen molar-refractivity contribution in [3.63, 3.8) is 0 Å². The van der Waals surface area contributed by atoms with Gasteiger partial charge in [-0.3, -0.25) is 0 Å². The van der Waals surface area contributed by atoms with Crippen molar-refractivity contribution in [1.82, 2.24) is 5.32 Å². The highest BCUT2D eigenvalue weighted by molar-refractivity contribution is 6.47. The summed E-state index contributed by atoms with van der Waals surface area (Å²) < 4.78 is 9.96. The van der Waals surface area contributed by atoms with Crippen LogP contribution in [-0.2, 0) is 11.3 Å². The summed E-state index contributed by atoms with van der Waals surface area (Å²) in [5, 5.41) is 19.5. The molecule has 0 atom stereocenters. The molecule has 18 heavy (non-hydrogen) atoms. The highest BCUT2D eigenvalue weighted by Gasteiger charge is 2.00. The summed E-state index contributed by atoms with van der Waals surface area (Å²) in [5.74, 6) is 1.62. The second kappa shape index (κ2) is 7.36. The average Bonchev–Trinajstić information content (AvgIpc) is 2.37. The normalized spacial score (nSPS) is 10.2. The molecule has 0 aliphatic heterocycles. The molecule has 1 rings (SSSR count). The highest BCUT2D eigenvalue weighted by Crippen LogP contribution is 2.13. The Balaban J connectivity index is 2.44. The lowest BCUT2D eigenvalue weighted by atomic mass is 9.93. The van der Waals surface area contributed by atoms with Gasteiger partial charge in [0.1, 0.15) is 12.4 Å². The zero-order valence-corrected chi connectivity index (χ0v) is 9.87. The number of amides is 1. The van der Waals surface area contributed by atoms with E-state index in [1.807, 2.05) is 0 Å². The summed E-state index contributed by atoms with van der Waals surface area (Å²) >= 11 is 0. The fourth-order valence-corrected chi connectivity index (χ4v) is 1.07. The molecule has 0 saturated carbocycles. The Hall–Kier alpha value is -1.99. The molecule has 0 heterocycles. The van der Waals surface area contributed by atoms with Gasteiger partial charge in [-0.25, -0.2) is 4.79 Å². The van der Waals surface area contributed by atoms with Crippen molar-refractivity contribution in [2.24, 2.45) is 0 Å². The Morgan fingerprint density at radius 2 is 2.06 bits per heavy atom. The molecule has 0 fully saturated rings. The Morgan fingerprint density at radius 3 is 2.61 bits per heavy atom. The molecule has 96 valence electrons. The molecule has 0 spiro atoms. The van der Waals surface area contributed by atoms with Crippen LogP contribution >= 0.6 is 0 Å². The van der Waals surface area contributed by atoms with Crippen molar-refractivity contribution < 1.29 is 24.3 Å². The Bertz CT molecular complexity index is 404. The van der Waals surface area contributed by atoms with E-state index in [2.05, 4.69) is 5.32 Å². The van der Waals surface area contributed by atoms with Crippen LogP contribution in [0.15, 0.2) is 36.5 Å². The lowest BCUT2D eigenvalue weighted by molar-refractivity contribution is 0.142. The van der Waals surface area contributed by atoms with Crippen molar-refractivity contribution in [1.29, 1.82) is 0 Å². The van der Waals surface area contributed by atoms with Gasteiger partial charge in [-0.1, -0.05) is 12.1 Å². The zero-order valence-electron chi connectivity index (χ0n) is 9.87. The number of carbonyl (C=O) groups is 1. The SMILES string of the molecule is CNC(=O)OCc1ccc(O/C=C/B(O)O)cc1. The van der Waals surface area contributed by atoms with Crippen LogP contribution in [0.1, 0.15) is 5.56 Å². The van der Waals surface area contributed by atoms with Crippen LogP contribution in [0.25, 0.3) is 0 Å². The van der Waals surface area contributed by atoms with E-state index in [0.717, 1.165) is 11.5 Å². The standard InChI is InChI=1S/C11H14BNO5/c1-13-11(14)18-8-9-2-4-10(5-3-9)17-7-6-12(15)16/h2-7,15-16H,8H2,1H3,(H,13,14)/b7-6+. The van der Waals surface area contributed by atoms with Crippen LogP contribution < -0.4 is 10.1 Å². The van der Waals surface area contributed by atoms with E-state index in [1.165, 1.54) is 13.3 Å². The number of hydrogen-bond donors (Lipinski definition) is 3. The second-order valence-corrected chi connectivity index (χ2v) is 3.33. The molecule has 0 saturated heterocycles. The molecular weight excluding hydrogens is 237 g/mol. The quantitative estimate of drug-likeness (QED) is 0.522. The molecule has 1 aromatic carbocycles. The maximum Gasteiger partial charge on any atom is 0.483 e. The molecule has 0 unspecified atom stereocenters. The fraction of sp³-hybridized carbons (Fsp3) is 0.182. The number of hydrogen-bond acceptors (Lipinski definition) is 5. The van der Waals surface area contributed by atoms with Crippen LogP contribution in [0.3, 0.4) is 0 Å². The van der Waals surface area contributed by atoms with E-state index < -0.39 is 13.2 Å². The van der Waals surface area contributed by atoms with Gasteiger partial charge in [-0.2, -0.15) is 0 Å². The predicted molar refractivity (Wildman–Crippen MR) is 65.6 cm³/mol. The van der Waals surface area contributed by atoms with Gasteiger partial charge in [0.25, 0.3) is 0 Å². The molecule has 1 aromatic rings. The zero-order chi connectivity index (χ0) is 13.4. The molecule has 0 bridgehead atoms. The third-order valence-electron chi connectivity index (χ3n) is 1.95. The van der Waals surface area contributed by atoms with Gasteiger partial charge in [0.15, 0.2) is 0 Å². The summed E-state index contributed by atoms with van der Waals surface area (Å²) in [5.41, 5.74) is 0.817. The lowest BCUT2D eigenvalue weighted by Gasteiger charge is -2.05. The number of alkyl carbamates (subject to hydrolysis) is 1. The summed E-state index contributed by atoms with van der Waals surface area (Å²) in [6.45, 7) is 0.172. The monoisotopic (exact) mass is 251 g/mol. The van der Waals surface area contributed by atoms with Crippen molar-refractivity contribution in [3.8, 4) is 5.75 Å². The van der Waals surface area contributed by atoms with Gasteiger partial charge in [-0.15, -0.1) is 0 Å². The minimum atomic E-state index is -1.54. The first-order valence-corrected chi connectivity index (χ1v) is 5.24. The minimum Gasteiger partial charge on any atom is -0.466 e. The molecule has 0 aliphatic carbocycles. The molecule has 0 aliphatic rings. The predicted octanol–water partition coefficient (Wildman–Crippen LogP) is 0.447. The largest absolute Gasteiger partial charge is 0.483 e. The van der Waals surface area contributed by atoms with Crippen molar-refractivity contribution in [2.75, 3.05) is 7.05 Å². The molecule has 7 heteroatoms. The third kappa shape index (κ3) is 5.38. The average molecular weight is 251 g/mol. The Labute approximate surface area is 105 Å². The number of benzene rings is 1. The van der Waals surface area contributed by atoms with Gasteiger partial charge >= 0.3 is 13.2 Å². The fourth-order valence-electron chi connectivity index (χ4n) is 1.07. The molecule has 0 radical (unpaired) electrons. The van der Waals surface area contributed by atoms with Crippen LogP contribution in [0.5, 0.6) is 5.75 Å². The number of carbonyl (C=O) groups excluding carboxylic acids is 1. The van der Waals surface area contributed by atoms with E-state index in [9.17, 15) is 4.79 Å². The molecule has 0 aromatic heterocycles. The second-order valence-electron chi connectivity index (χ2n) is 3.33. The van der Waals surface area contributed by atoms with Gasteiger partial charge in [0.2, 0.25) is 0 Å². The maximum absolute atomic E-state index is 10.8. The first-order valence-electron chi connectivity index (χ1n) is 5.24. The first kappa shape index (κ1) is 14.1. The lowest BCUT2D eigenvalue weighted by Crippen LogP contribution is -2.18. The molecule has 6 nitrogen and oxygen atoms in total. The number of nitrogens with one attached hydrogen (secondary N) is 1. The summed E-state index contributed by atoms with van der Waals surface area (Å²) in [7, 11) is -0.0495. The maximum atomic E-state index is 10.8. The number of ether oxygens (including phenoxy) is 2. The van der Waals surface area contributed by atoms with Crippen LogP contribution in [0.2, 0.25) is 0 Å². The van der Waals surface area contributed by atoms with E-state index in [1.54, 1.807) is 24.3 Å². The van der Waals surface area contributed by atoms with Gasteiger partial charge in [0.05, 0.1) is 6.26 Å². The van der Waals surface area contributed by atoms with Crippen molar-refractivity contribution in [3.05, 3.63) is 42.1 Å². The van der Waals surface area contributed by atoms with Crippen LogP contribution in [0.4, 0.5) is 4.79 Å². The minimum absolute atomic E-state index is 0.172. The Kier molecular flexibility index (Phi) is 5.76. The van der Waals surface area contributed by atoms with E-state index in [-0.39, 0.29) is 6.61 Å². The van der Waals surface area contributed by atoms with E-state index >= 15 is 0 Å². The summed E-state index contributed by atoms with van der Waals surface area (Å²) in [6, 6.07) is 6.83. The van der Waals surface area contributed by atoms with E-state index in [4.69, 9.17) is 19.5 Å². The Morgan fingerprint density at radius 1 is 1.39 bits per heavy atom. The van der Waals surface area contributed by atoms with Gasteiger partial charge in [-0.05, 0) is 23.7 Å². The highest BCUT2D eigenvalue weighted by atomic mass is 16.5. The summed E-state index contributed by atoms with van der Waals surface area (Å²) in [6.07, 6.45) is 0.691. The van der Waals surface area contributed by atoms with Crippen molar-refractivity contribution >= 4 is 13.2 Å². The van der Waals surface area contributed by atoms with Crippen LogP contribution in [-0.4, -0.2) is 30.3 Å². The smallest absolute Gasteiger partial charge is 0.466 e. The topological polar surface area (TPSA) is 88.0 Å². The third-order valence-corrected chi connectivity index (χ3v) is 1.95. The van der Waals surface area contributed by atoms with Gasteiger partial charge < -0.3 is 24.8 Å². The van der Waals surface area contributed by atoms with Crippen LogP contribution in [0, 0.1) is 0 Å². The molecular formula is C11H14BNO5. The molecule has 1 amide bonds. The van der Waals surface area contributed by atoms with E-state index in [0.29, 0.717) is 5.75 Å². The first-order chi connectivity index (χ1) is 8.61. The van der Waals surface area contributed by atoms with Gasteiger partial charge in [0, 0.05) is 7.05 Å².